The Bertz CT molecular complexity index is 1070. The molecule has 0 spiro atoms. The lowest BCUT2D eigenvalue weighted by atomic mass is 9.97. The summed E-state index contributed by atoms with van der Waals surface area (Å²) in [5.74, 6) is -0.115. The van der Waals surface area contributed by atoms with E-state index in [0.717, 1.165) is 48.6 Å². The van der Waals surface area contributed by atoms with Crippen LogP contribution in [0.15, 0.2) is 48.7 Å². The van der Waals surface area contributed by atoms with Crippen LogP contribution in [0.2, 0.25) is 0 Å². The molecule has 1 aliphatic rings. The van der Waals surface area contributed by atoms with E-state index in [2.05, 4.69) is 44.3 Å². The number of anilines is 3. The number of aromatic nitrogens is 2. The van der Waals surface area contributed by atoms with Crippen LogP contribution in [0.3, 0.4) is 0 Å². The summed E-state index contributed by atoms with van der Waals surface area (Å²) in [7, 11) is 2.15. The van der Waals surface area contributed by atoms with Crippen molar-refractivity contribution >= 4 is 23.2 Å². The normalized spacial score (nSPS) is 14.5. The number of aryl methyl sites for hydroxylation is 2. The number of carbonyl (C=O) groups excluding carboxylic acids is 1. The summed E-state index contributed by atoms with van der Waals surface area (Å²) in [6.07, 6.45) is 1.50. The van der Waals surface area contributed by atoms with Gasteiger partial charge in [0.15, 0.2) is 0 Å². The first-order valence-corrected chi connectivity index (χ1v) is 10.5. The molecule has 3 N–H and O–H groups in total. The molecule has 1 aliphatic heterocycles. The summed E-state index contributed by atoms with van der Waals surface area (Å²) in [5, 5.41) is 3.26. The van der Waals surface area contributed by atoms with E-state index in [0.29, 0.717) is 17.2 Å². The third-order valence-electron chi connectivity index (χ3n) is 5.76. The molecule has 1 saturated heterocycles. The van der Waals surface area contributed by atoms with Gasteiger partial charge in [0.1, 0.15) is 0 Å². The highest BCUT2D eigenvalue weighted by Gasteiger charge is 2.18. The van der Waals surface area contributed by atoms with Crippen molar-refractivity contribution in [2.45, 2.75) is 13.8 Å². The monoisotopic (exact) mass is 416 g/mol. The number of hydrogen-bond donors (Lipinski definition) is 2. The van der Waals surface area contributed by atoms with Crippen LogP contribution in [0, 0.1) is 13.8 Å². The Balaban J connectivity index is 1.60. The largest absolute Gasteiger partial charge is 0.369 e. The first-order valence-electron chi connectivity index (χ1n) is 10.5. The number of amides is 1. The molecule has 0 atom stereocenters. The Hall–Kier alpha value is -3.45. The van der Waals surface area contributed by atoms with Crippen molar-refractivity contribution in [2.75, 3.05) is 43.4 Å². The first kappa shape index (κ1) is 20.8. The molecule has 31 heavy (non-hydrogen) atoms. The fourth-order valence-electron chi connectivity index (χ4n) is 3.95. The van der Waals surface area contributed by atoms with Gasteiger partial charge in [0, 0.05) is 49.3 Å². The summed E-state index contributed by atoms with van der Waals surface area (Å²) in [6, 6.07) is 14.3. The minimum absolute atomic E-state index is 0.313. The Morgan fingerprint density at radius 2 is 1.65 bits per heavy atom. The van der Waals surface area contributed by atoms with Crippen molar-refractivity contribution in [2.24, 2.45) is 5.73 Å². The standard InChI is InChI=1S/C24H28N6O/c1-16-5-4-6-17(2)21(16)22-20(23(25)31)15-26-24(28-22)27-18-7-9-19(10-8-18)30-13-11-29(3)12-14-30/h4-10,15H,11-14H2,1-3H3,(H2,25,31)(H,26,27,28). The predicted octanol–water partition coefficient (Wildman–Crippen LogP) is 3.35. The van der Waals surface area contributed by atoms with Gasteiger partial charge in [-0.3, -0.25) is 4.79 Å². The van der Waals surface area contributed by atoms with E-state index in [1.54, 1.807) is 0 Å². The first-order chi connectivity index (χ1) is 14.9. The zero-order valence-electron chi connectivity index (χ0n) is 18.2. The minimum Gasteiger partial charge on any atom is -0.369 e. The van der Waals surface area contributed by atoms with E-state index in [-0.39, 0.29) is 0 Å². The number of piperazine rings is 1. The molecular weight excluding hydrogens is 388 g/mol. The molecule has 7 heteroatoms. The fraction of sp³-hybridized carbons (Fsp3) is 0.292. The van der Waals surface area contributed by atoms with Gasteiger partial charge in [-0.1, -0.05) is 18.2 Å². The number of nitrogens with zero attached hydrogens (tertiary/aromatic N) is 4. The molecule has 1 aromatic heterocycles. The van der Waals surface area contributed by atoms with Crippen LogP contribution in [0.1, 0.15) is 21.5 Å². The maximum Gasteiger partial charge on any atom is 0.252 e. The van der Waals surface area contributed by atoms with E-state index in [1.807, 2.05) is 44.2 Å². The second-order valence-electron chi connectivity index (χ2n) is 8.05. The van der Waals surface area contributed by atoms with Gasteiger partial charge < -0.3 is 20.9 Å². The average Bonchev–Trinajstić information content (AvgIpc) is 2.75. The third-order valence-corrected chi connectivity index (χ3v) is 5.76. The zero-order chi connectivity index (χ0) is 22.0. The Labute approximate surface area is 182 Å². The lowest BCUT2D eigenvalue weighted by Crippen LogP contribution is -2.44. The van der Waals surface area contributed by atoms with Gasteiger partial charge in [0.2, 0.25) is 5.95 Å². The summed E-state index contributed by atoms with van der Waals surface area (Å²) < 4.78 is 0. The van der Waals surface area contributed by atoms with Gasteiger partial charge in [0.25, 0.3) is 5.91 Å². The van der Waals surface area contributed by atoms with Crippen molar-refractivity contribution in [1.82, 2.24) is 14.9 Å². The van der Waals surface area contributed by atoms with Crippen LogP contribution < -0.4 is 16.0 Å². The molecule has 0 saturated carbocycles. The Kier molecular flexibility index (Phi) is 5.86. The van der Waals surface area contributed by atoms with Gasteiger partial charge >= 0.3 is 0 Å². The van der Waals surface area contributed by atoms with Gasteiger partial charge in [-0.05, 0) is 56.3 Å². The van der Waals surface area contributed by atoms with Gasteiger partial charge in [-0.25, -0.2) is 9.97 Å². The van der Waals surface area contributed by atoms with E-state index in [4.69, 9.17) is 5.73 Å². The lowest BCUT2D eigenvalue weighted by molar-refractivity contribution is 0.100. The van der Waals surface area contributed by atoms with Crippen LogP contribution in [0.4, 0.5) is 17.3 Å². The molecule has 4 rings (SSSR count). The highest BCUT2D eigenvalue weighted by Crippen LogP contribution is 2.29. The molecular formula is C24H28N6O. The molecule has 0 radical (unpaired) electrons. The van der Waals surface area contributed by atoms with Crippen molar-refractivity contribution in [1.29, 1.82) is 0 Å². The van der Waals surface area contributed by atoms with Crippen LogP contribution >= 0.6 is 0 Å². The van der Waals surface area contributed by atoms with Crippen LogP contribution in [-0.2, 0) is 0 Å². The average molecular weight is 417 g/mol. The van der Waals surface area contributed by atoms with Crippen molar-refractivity contribution < 1.29 is 4.79 Å². The number of nitrogens with two attached hydrogens (primary N) is 1. The SMILES string of the molecule is Cc1cccc(C)c1-c1nc(Nc2ccc(N3CCN(C)CC3)cc2)ncc1C(N)=O. The number of benzene rings is 2. The number of likely N-dealkylation sites (N-methyl/N-ethyl adjacent to an activating group) is 1. The van der Waals surface area contributed by atoms with Gasteiger partial charge in [-0.15, -0.1) is 0 Å². The third kappa shape index (κ3) is 4.51. The van der Waals surface area contributed by atoms with Gasteiger partial charge in [0.05, 0.1) is 11.3 Å². The highest BCUT2D eigenvalue weighted by atomic mass is 16.1. The second kappa shape index (κ2) is 8.73. The maximum absolute atomic E-state index is 12.0. The fourth-order valence-corrected chi connectivity index (χ4v) is 3.95. The summed E-state index contributed by atoms with van der Waals surface area (Å²) in [6.45, 7) is 8.20. The van der Waals surface area contributed by atoms with E-state index in [1.165, 1.54) is 11.9 Å². The molecule has 3 aromatic rings. The van der Waals surface area contributed by atoms with E-state index < -0.39 is 5.91 Å². The van der Waals surface area contributed by atoms with Crippen LogP contribution in [-0.4, -0.2) is 54.0 Å². The molecule has 2 heterocycles. The number of carbonyl (C=O) groups is 1. The molecule has 0 bridgehead atoms. The molecule has 2 aromatic carbocycles. The quantitative estimate of drug-likeness (QED) is 0.663. The molecule has 0 unspecified atom stereocenters. The molecule has 160 valence electrons. The zero-order valence-corrected chi connectivity index (χ0v) is 18.2. The summed E-state index contributed by atoms with van der Waals surface area (Å²) in [5.41, 5.74) is 11.5. The van der Waals surface area contributed by atoms with Gasteiger partial charge in [-0.2, -0.15) is 0 Å². The van der Waals surface area contributed by atoms with Crippen LogP contribution in [0.25, 0.3) is 11.3 Å². The number of rotatable bonds is 5. The number of primary amides is 1. The highest BCUT2D eigenvalue weighted by molar-refractivity contribution is 5.99. The second-order valence-corrected chi connectivity index (χ2v) is 8.05. The summed E-state index contributed by atoms with van der Waals surface area (Å²) in [4.78, 5) is 25.7. The topological polar surface area (TPSA) is 87.4 Å². The molecule has 0 aliphatic carbocycles. The Morgan fingerprint density at radius 1 is 1.00 bits per heavy atom. The van der Waals surface area contributed by atoms with E-state index in [9.17, 15) is 4.79 Å². The summed E-state index contributed by atoms with van der Waals surface area (Å²) >= 11 is 0. The number of nitrogens with one attached hydrogen (secondary N) is 1. The molecule has 1 fully saturated rings. The smallest absolute Gasteiger partial charge is 0.252 e. The van der Waals surface area contributed by atoms with Crippen molar-refractivity contribution in [3.63, 3.8) is 0 Å². The minimum atomic E-state index is -0.541. The van der Waals surface area contributed by atoms with Crippen molar-refractivity contribution in [3.05, 3.63) is 65.4 Å². The maximum atomic E-state index is 12.0. The molecule has 1 amide bonds. The molecule has 7 nitrogen and oxygen atoms in total. The Morgan fingerprint density at radius 3 is 2.26 bits per heavy atom. The number of hydrogen-bond acceptors (Lipinski definition) is 6. The van der Waals surface area contributed by atoms with E-state index >= 15 is 0 Å². The lowest BCUT2D eigenvalue weighted by Gasteiger charge is -2.34. The predicted molar refractivity (Wildman–Crippen MR) is 125 cm³/mol. The van der Waals surface area contributed by atoms with Crippen molar-refractivity contribution in [3.8, 4) is 11.3 Å². The van der Waals surface area contributed by atoms with Crippen LogP contribution in [0.5, 0.6) is 0 Å².